The van der Waals surface area contributed by atoms with Gasteiger partial charge in [0.25, 0.3) is 0 Å². The summed E-state index contributed by atoms with van der Waals surface area (Å²) in [7, 11) is 0. The van der Waals surface area contributed by atoms with Gasteiger partial charge in [0.15, 0.2) is 17.4 Å². The van der Waals surface area contributed by atoms with E-state index in [4.69, 9.17) is 0 Å². The van der Waals surface area contributed by atoms with Crippen LogP contribution in [0.2, 0.25) is 0 Å². The van der Waals surface area contributed by atoms with Gasteiger partial charge in [0.05, 0.1) is 0 Å². The largest absolute Gasteiger partial charge is 0.187 e. The van der Waals surface area contributed by atoms with Crippen LogP contribution in [0.3, 0.4) is 0 Å². The fourth-order valence-electron chi connectivity index (χ4n) is 0. The molecule has 0 aromatic heterocycles. The molecule has 5 heavy (non-hydrogen) atoms. The first-order chi connectivity index (χ1) is 0. The fraction of sp³-hybridized carbons (Fsp3) is 0. The van der Waals surface area contributed by atoms with Crippen LogP contribution in [0, 0.1) is 0 Å². The molecule has 0 unspecified atom stereocenters. The molecule has 0 saturated heterocycles. The summed E-state index contributed by atoms with van der Waals surface area (Å²) >= 11 is 0. The summed E-state index contributed by atoms with van der Waals surface area (Å²) < 4.78 is 0. The smallest absolute Gasteiger partial charge is 0 e. The van der Waals surface area contributed by atoms with Gasteiger partial charge >= 0.3 is 0 Å². The summed E-state index contributed by atoms with van der Waals surface area (Å²) in [5.74, 6) is 0. The molecule has 5 heteroatoms. The average Bonchev–Trinajstić information content (AvgIpc) is 0. The van der Waals surface area contributed by atoms with E-state index in [1.807, 2.05) is 0 Å². The molecule has 0 aliphatic rings. The van der Waals surface area contributed by atoms with Gasteiger partial charge in [0.2, 0.25) is 0 Å². The Balaban J connectivity index is 0. The maximum atomic E-state index is 0. The van der Waals surface area contributed by atoms with Crippen molar-refractivity contribution >= 4 is 17.4 Å². The first kappa shape index (κ1) is 46.5. The first-order valence-electron chi connectivity index (χ1n) is 0. The van der Waals surface area contributed by atoms with Gasteiger partial charge in [-0.3, -0.25) is 0 Å². The Labute approximate surface area is 88.1 Å². The topological polar surface area (TPSA) is 0 Å². The van der Waals surface area contributed by atoms with Crippen LogP contribution in [-0.4, -0.2) is 17.4 Å². The van der Waals surface area contributed by atoms with Gasteiger partial charge in [-0.1, -0.05) is 0 Å². The number of hydrogen-bond acceptors (Lipinski definition) is 0. The zero-order valence-electron chi connectivity index (χ0n) is 1.49. The molecule has 0 amide bonds. The van der Waals surface area contributed by atoms with Crippen molar-refractivity contribution in [3.63, 3.8) is 0 Å². The molecule has 0 rings (SSSR count). The van der Waals surface area contributed by atoms with Crippen LogP contribution in [0.1, 0.15) is 0 Å². The third-order valence-electron chi connectivity index (χ3n) is 0. The van der Waals surface area contributed by atoms with E-state index in [-0.39, 0.29) is 89.3 Å². The van der Waals surface area contributed by atoms with Gasteiger partial charge in [-0.25, -0.2) is 0 Å². The SMILES string of the molecule is [AlH3].[Cr].[Fe].[Mo].[Ni]. The minimum Gasteiger partial charge on any atom is 0 e. The van der Waals surface area contributed by atoms with Crippen LogP contribution in [0.5, 0.6) is 0 Å². The summed E-state index contributed by atoms with van der Waals surface area (Å²) in [6.07, 6.45) is 0. The van der Waals surface area contributed by atoms with E-state index in [0.717, 1.165) is 0 Å². The quantitative estimate of drug-likeness (QED) is 0.493. The van der Waals surface area contributed by atoms with E-state index in [2.05, 4.69) is 0 Å². The van der Waals surface area contributed by atoms with Gasteiger partial charge < -0.3 is 0 Å². The summed E-state index contributed by atoms with van der Waals surface area (Å²) in [4.78, 5) is 0. The summed E-state index contributed by atoms with van der Waals surface area (Å²) in [6, 6.07) is 0. The Morgan fingerprint density at radius 1 is 1.00 bits per heavy atom. The zero-order chi connectivity index (χ0) is 0. The molecule has 0 fully saturated rings. The van der Waals surface area contributed by atoms with Gasteiger partial charge in [-0.2, -0.15) is 0 Å². The Bertz CT molecular complexity index is 11.6. The Hall–Kier alpha value is 2.77. The molecular weight excluding hydrogens is 289 g/mol. The predicted octanol–water partition coefficient (Wildman–Crippen LogP) is -1.19. The molecular formula is H3AlCrFeMoNi. The zero-order valence-corrected chi connectivity index (χ0v) is 6.86. The van der Waals surface area contributed by atoms with Gasteiger partial charge in [0, 0.05) is 72.0 Å². The molecule has 0 saturated carbocycles. The van der Waals surface area contributed by atoms with Gasteiger partial charge in [0.1, 0.15) is 0 Å². The molecule has 0 N–H and O–H groups in total. The Morgan fingerprint density at radius 2 is 1.00 bits per heavy atom. The van der Waals surface area contributed by atoms with Crippen molar-refractivity contribution in [1.82, 2.24) is 0 Å². The third-order valence-corrected chi connectivity index (χ3v) is 0. The summed E-state index contributed by atoms with van der Waals surface area (Å²) in [5.41, 5.74) is 0. The van der Waals surface area contributed by atoms with Crippen molar-refractivity contribution < 1.29 is 72.0 Å². The van der Waals surface area contributed by atoms with E-state index in [0.29, 0.717) is 0 Å². The minimum atomic E-state index is 0. The summed E-state index contributed by atoms with van der Waals surface area (Å²) in [5, 5.41) is 0. The maximum absolute atomic E-state index is 0. The molecule has 0 heterocycles. The molecule has 0 spiro atoms. The standard InChI is InChI=1S/Al.Cr.Fe.Mo.Ni.3H. The van der Waals surface area contributed by atoms with Gasteiger partial charge in [-0.05, 0) is 0 Å². The van der Waals surface area contributed by atoms with Gasteiger partial charge in [-0.15, -0.1) is 0 Å². The van der Waals surface area contributed by atoms with Crippen LogP contribution in [0.4, 0.5) is 0 Å². The third kappa shape index (κ3) is 20.1. The molecule has 0 radical (unpaired) electrons. The number of rotatable bonds is 0. The molecule has 36 valence electrons. The number of hydrogen-bond donors (Lipinski definition) is 0. The molecule has 0 aromatic carbocycles. The van der Waals surface area contributed by atoms with Crippen molar-refractivity contribution in [3.05, 3.63) is 0 Å². The van der Waals surface area contributed by atoms with Crippen LogP contribution < -0.4 is 0 Å². The van der Waals surface area contributed by atoms with Crippen molar-refractivity contribution in [2.45, 2.75) is 0 Å². The molecule has 0 nitrogen and oxygen atoms in total. The average molecular weight is 292 g/mol. The fourth-order valence-corrected chi connectivity index (χ4v) is 0. The Kier molecular flexibility index (Phi) is 273. The van der Waals surface area contributed by atoms with Crippen molar-refractivity contribution in [3.8, 4) is 0 Å². The first-order valence-corrected chi connectivity index (χ1v) is 0. The van der Waals surface area contributed by atoms with Crippen LogP contribution >= 0.6 is 0 Å². The predicted molar refractivity (Wildman–Crippen MR) is 9.94 cm³/mol. The van der Waals surface area contributed by atoms with E-state index < -0.39 is 0 Å². The normalized spacial score (nSPS) is 0. The van der Waals surface area contributed by atoms with Crippen LogP contribution in [-0.2, 0) is 72.0 Å². The van der Waals surface area contributed by atoms with E-state index in [1.165, 1.54) is 0 Å². The van der Waals surface area contributed by atoms with E-state index in [9.17, 15) is 0 Å². The molecule has 0 aromatic rings. The van der Waals surface area contributed by atoms with Crippen molar-refractivity contribution in [2.75, 3.05) is 0 Å². The van der Waals surface area contributed by atoms with Crippen LogP contribution in [0.15, 0.2) is 0 Å². The summed E-state index contributed by atoms with van der Waals surface area (Å²) in [6.45, 7) is 0. The molecule has 0 bridgehead atoms. The molecule has 0 atom stereocenters. The van der Waals surface area contributed by atoms with Crippen LogP contribution in [0.25, 0.3) is 0 Å². The molecule has 0 aliphatic heterocycles. The van der Waals surface area contributed by atoms with Crippen molar-refractivity contribution in [1.29, 1.82) is 0 Å². The second-order valence-electron chi connectivity index (χ2n) is 0. The monoisotopic (exact) mass is 294 g/mol. The second kappa shape index (κ2) is 29.4. The Morgan fingerprint density at radius 3 is 1.00 bits per heavy atom. The second-order valence-corrected chi connectivity index (χ2v) is 0. The molecule has 0 aliphatic carbocycles. The van der Waals surface area contributed by atoms with E-state index in [1.54, 1.807) is 0 Å². The van der Waals surface area contributed by atoms with E-state index >= 15 is 0 Å². The van der Waals surface area contributed by atoms with Crippen molar-refractivity contribution in [2.24, 2.45) is 0 Å². The maximum Gasteiger partial charge on any atom is 0.187 e. The minimum absolute atomic E-state index is 0.